The van der Waals surface area contributed by atoms with Gasteiger partial charge in [0.1, 0.15) is 0 Å². The van der Waals surface area contributed by atoms with Crippen molar-refractivity contribution in [2.24, 2.45) is 5.92 Å². The quantitative estimate of drug-likeness (QED) is 0.731. The molecule has 25 heavy (non-hydrogen) atoms. The molecule has 0 aliphatic carbocycles. The maximum atomic E-state index is 12.8. The minimum Gasteiger partial charge on any atom is -0.388 e. The molecular formula is C19H16N2O3S. The molecule has 0 amide bonds. The molecule has 3 aromatic rings. The van der Waals surface area contributed by atoms with E-state index >= 15 is 0 Å². The SMILES string of the molecule is O=S1(=O)C[C@@H]([C@H]2c3ccccc3-c3cncn32)[C@H](O)c2ccccc21. The minimum atomic E-state index is -3.44. The summed E-state index contributed by atoms with van der Waals surface area (Å²) in [5, 5.41) is 11.0. The average Bonchev–Trinajstić information content (AvgIpc) is 3.19. The van der Waals surface area contributed by atoms with Crippen LogP contribution < -0.4 is 0 Å². The van der Waals surface area contributed by atoms with Gasteiger partial charge in [-0.1, -0.05) is 42.5 Å². The van der Waals surface area contributed by atoms with E-state index in [-0.39, 0.29) is 16.7 Å². The lowest BCUT2D eigenvalue weighted by Crippen LogP contribution is -2.35. The first-order valence-corrected chi connectivity index (χ1v) is 9.84. The van der Waals surface area contributed by atoms with Gasteiger partial charge in [0.25, 0.3) is 0 Å². The van der Waals surface area contributed by atoms with E-state index in [9.17, 15) is 13.5 Å². The Bertz CT molecular complexity index is 1090. The van der Waals surface area contributed by atoms with Gasteiger partial charge in [-0.15, -0.1) is 0 Å². The second-order valence-corrected chi connectivity index (χ2v) is 8.65. The number of aliphatic hydroxyl groups excluding tert-OH is 1. The Morgan fingerprint density at radius 1 is 1.04 bits per heavy atom. The molecule has 5 rings (SSSR count). The number of rotatable bonds is 1. The average molecular weight is 352 g/mol. The number of benzene rings is 2. The van der Waals surface area contributed by atoms with Crippen molar-refractivity contribution in [1.82, 2.24) is 9.55 Å². The molecule has 0 fully saturated rings. The van der Waals surface area contributed by atoms with Gasteiger partial charge in [0.05, 0.1) is 41.0 Å². The molecule has 2 aliphatic heterocycles. The number of sulfone groups is 1. The van der Waals surface area contributed by atoms with E-state index in [1.165, 1.54) is 0 Å². The summed E-state index contributed by atoms with van der Waals surface area (Å²) in [4.78, 5) is 4.47. The molecule has 0 spiro atoms. The molecule has 2 aliphatic rings. The molecule has 0 saturated carbocycles. The van der Waals surface area contributed by atoms with Crippen LogP contribution in [0.5, 0.6) is 0 Å². The summed E-state index contributed by atoms with van der Waals surface area (Å²) in [6.45, 7) is 0. The molecule has 3 heterocycles. The van der Waals surface area contributed by atoms with Crippen LogP contribution in [-0.2, 0) is 9.84 Å². The van der Waals surface area contributed by atoms with Gasteiger partial charge in [-0.3, -0.25) is 0 Å². The first-order chi connectivity index (χ1) is 12.1. The standard InChI is InChI=1S/C19H16N2O3S/c22-19-14-7-3-4-8-17(14)25(23,24)10-15(19)18-13-6-2-1-5-12(13)16-9-20-11-21(16)18/h1-9,11,15,18-19,22H,10H2/t15-,18+,19+/m0/s1. The van der Waals surface area contributed by atoms with E-state index in [0.29, 0.717) is 5.56 Å². The van der Waals surface area contributed by atoms with Crippen molar-refractivity contribution >= 4 is 9.84 Å². The molecule has 1 N–H and O–H groups in total. The second-order valence-electron chi connectivity index (χ2n) is 6.65. The molecule has 5 nitrogen and oxygen atoms in total. The molecule has 126 valence electrons. The van der Waals surface area contributed by atoms with Crippen LogP contribution in [0.3, 0.4) is 0 Å². The summed E-state index contributed by atoms with van der Waals surface area (Å²) in [7, 11) is -3.44. The van der Waals surface area contributed by atoms with E-state index in [1.807, 2.05) is 28.8 Å². The number of imidazole rings is 1. The summed E-state index contributed by atoms with van der Waals surface area (Å²) in [5.74, 6) is -0.543. The number of hydrogen-bond donors (Lipinski definition) is 1. The number of hydrogen-bond acceptors (Lipinski definition) is 4. The Balaban J connectivity index is 1.71. The zero-order valence-corrected chi connectivity index (χ0v) is 14.1. The zero-order chi connectivity index (χ0) is 17.2. The largest absolute Gasteiger partial charge is 0.388 e. The van der Waals surface area contributed by atoms with Crippen molar-refractivity contribution in [3.63, 3.8) is 0 Å². The first kappa shape index (κ1) is 14.9. The Morgan fingerprint density at radius 3 is 2.60 bits per heavy atom. The van der Waals surface area contributed by atoms with Crippen molar-refractivity contribution in [3.8, 4) is 11.3 Å². The lowest BCUT2D eigenvalue weighted by molar-refractivity contribution is 0.0923. The molecule has 2 aromatic carbocycles. The van der Waals surface area contributed by atoms with Gasteiger partial charge in [0.15, 0.2) is 9.84 Å². The Hall–Kier alpha value is -2.44. The van der Waals surface area contributed by atoms with E-state index in [1.54, 1.807) is 36.8 Å². The highest BCUT2D eigenvalue weighted by Crippen LogP contribution is 2.49. The number of aromatic nitrogens is 2. The fourth-order valence-corrected chi connectivity index (χ4v) is 6.13. The van der Waals surface area contributed by atoms with Crippen molar-refractivity contribution in [2.45, 2.75) is 17.0 Å². The van der Waals surface area contributed by atoms with Crippen LogP contribution in [0.2, 0.25) is 0 Å². The minimum absolute atomic E-state index is 0.0815. The highest BCUT2D eigenvalue weighted by atomic mass is 32.2. The van der Waals surface area contributed by atoms with E-state index < -0.39 is 21.9 Å². The van der Waals surface area contributed by atoms with Crippen LogP contribution in [0.1, 0.15) is 23.3 Å². The van der Waals surface area contributed by atoms with Crippen molar-refractivity contribution in [3.05, 3.63) is 72.2 Å². The number of nitrogens with zero attached hydrogens (tertiary/aromatic N) is 2. The summed E-state index contributed by atoms with van der Waals surface area (Å²) in [6.07, 6.45) is 2.67. The molecule has 1 aromatic heterocycles. The van der Waals surface area contributed by atoms with Gasteiger partial charge in [-0.2, -0.15) is 0 Å². The van der Waals surface area contributed by atoms with Crippen LogP contribution in [0.25, 0.3) is 11.3 Å². The molecule has 3 atom stereocenters. The third-order valence-corrected chi connectivity index (χ3v) is 7.18. The number of aliphatic hydroxyl groups is 1. The van der Waals surface area contributed by atoms with Crippen molar-refractivity contribution < 1.29 is 13.5 Å². The summed E-state index contributed by atoms with van der Waals surface area (Å²) < 4.78 is 27.6. The van der Waals surface area contributed by atoms with Crippen molar-refractivity contribution in [2.75, 3.05) is 5.75 Å². The van der Waals surface area contributed by atoms with Crippen LogP contribution in [-0.4, -0.2) is 28.8 Å². The smallest absolute Gasteiger partial charge is 0.179 e. The second kappa shape index (κ2) is 5.03. The van der Waals surface area contributed by atoms with Crippen LogP contribution >= 0.6 is 0 Å². The van der Waals surface area contributed by atoms with Gasteiger partial charge in [0.2, 0.25) is 0 Å². The third-order valence-electron chi connectivity index (χ3n) is 5.32. The monoisotopic (exact) mass is 352 g/mol. The Kier molecular flexibility index (Phi) is 2.99. The predicted molar refractivity (Wildman–Crippen MR) is 92.7 cm³/mol. The van der Waals surface area contributed by atoms with Gasteiger partial charge in [0, 0.05) is 11.5 Å². The molecular weight excluding hydrogens is 336 g/mol. The fourth-order valence-electron chi connectivity index (χ4n) is 4.25. The summed E-state index contributed by atoms with van der Waals surface area (Å²) >= 11 is 0. The fraction of sp³-hybridized carbons (Fsp3) is 0.211. The van der Waals surface area contributed by atoms with Gasteiger partial charge < -0.3 is 9.67 Å². The molecule has 0 saturated heterocycles. The predicted octanol–water partition coefficient (Wildman–Crippen LogP) is 2.59. The Labute approximate surface area is 145 Å². The lowest BCUT2D eigenvalue weighted by Gasteiger charge is -2.34. The van der Waals surface area contributed by atoms with E-state index in [4.69, 9.17) is 0 Å². The van der Waals surface area contributed by atoms with Gasteiger partial charge >= 0.3 is 0 Å². The summed E-state index contributed by atoms with van der Waals surface area (Å²) in [6, 6.07) is 14.4. The molecule has 6 heteroatoms. The first-order valence-electron chi connectivity index (χ1n) is 8.19. The summed E-state index contributed by atoms with van der Waals surface area (Å²) in [5.41, 5.74) is 3.54. The van der Waals surface area contributed by atoms with Gasteiger partial charge in [-0.05, 0) is 17.2 Å². The Morgan fingerprint density at radius 2 is 1.76 bits per heavy atom. The molecule has 0 unspecified atom stereocenters. The maximum Gasteiger partial charge on any atom is 0.179 e. The normalized spacial score (nSPS) is 25.9. The maximum absolute atomic E-state index is 12.8. The third kappa shape index (κ3) is 1.98. The van der Waals surface area contributed by atoms with Crippen LogP contribution in [0.15, 0.2) is 66.0 Å². The van der Waals surface area contributed by atoms with E-state index in [2.05, 4.69) is 4.98 Å². The molecule has 0 bridgehead atoms. The lowest BCUT2D eigenvalue weighted by atomic mass is 9.86. The van der Waals surface area contributed by atoms with Crippen LogP contribution in [0.4, 0.5) is 0 Å². The molecule has 0 radical (unpaired) electrons. The topological polar surface area (TPSA) is 72.2 Å². The zero-order valence-electron chi connectivity index (χ0n) is 13.3. The van der Waals surface area contributed by atoms with Gasteiger partial charge in [-0.25, -0.2) is 13.4 Å². The van der Waals surface area contributed by atoms with E-state index in [0.717, 1.165) is 16.8 Å². The highest BCUT2D eigenvalue weighted by molar-refractivity contribution is 7.91. The highest BCUT2D eigenvalue weighted by Gasteiger charge is 2.45. The number of fused-ring (bicyclic) bond motifs is 4. The van der Waals surface area contributed by atoms with Crippen molar-refractivity contribution in [1.29, 1.82) is 0 Å². The van der Waals surface area contributed by atoms with Crippen LogP contribution in [0, 0.1) is 5.92 Å².